The lowest BCUT2D eigenvalue weighted by Crippen LogP contribution is -2.26. The molecule has 3 nitrogen and oxygen atoms in total. The standard InChI is InChI=1S/C19H22FNO2S/c1-3-23-17-8-4-15(5-9-17)14(2)21-19(22)12-13-24-18-10-6-16(20)7-11-18/h4-11,14H,3,12-13H2,1-2H3,(H,21,22). The van der Waals surface area contributed by atoms with Crippen molar-refractivity contribution in [2.75, 3.05) is 12.4 Å². The van der Waals surface area contributed by atoms with Crippen LogP contribution in [0, 0.1) is 5.82 Å². The lowest BCUT2D eigenvalue weighted by Gasteiger charge is -2.15. The predicted octanol–water partition coefficient (Wildman–Crippen LogP) is 4.58. The van der Waals surface area contributed by atoms with Crippen molar-refractivity contribution in [1.29, 1.82) is 0 Å². The zero-order valence-electron chi connectivity index (χ0n) is 13.9. The molecule has 0 saturated carbocycles. The summed E-state index contributed by atoms with van der Waals surface area (Å²) in [4.78, 5) is 13.0. The van der Waals surface area contributed by atoms with E-state index in [1.54, 1.807) is 23.9 Å². The van der Waals surface area contributed by atoms with Gasteiger partial charge in [0, 0.05) is 17.1 Å². The Labute approximate surface area is 146 Å². The minimum absolute atomic E-state index is 0.00555. The zero-order valence-corrected chi connectivity index (χ0v) is 14.7. The Balaban J connectivity index is 1.75. The quantitative estimate of drug-likeness (QED) is 0.710. The number of carbonyl (C=O) groups excluding carboxylic acids is 1. The van der Waals surface area contributed by atoms with E-state index in [1.165, 1.54) is 12.1 Å². The first-order valence-corrected chi connectivity index (χ1v) is 8.97. The number of benzene rings is 2. The molecule has 0 heterocycles. The van der Waals surface area contributed by atoms with E-state index in [1.807, 2.05) is 38.1 Å². The van der Waals surface area contributed by atoms with Gasteiger partial charge in [0.2, 0.25) is 5.91 Å². The highest BCUT2D eigenvalue weighted by atomic mass is 32.2. The molecule has 2 aromatic rings. The van der Waals surface area contributed by atoms with Crippen molar-refractivity contribution in [1.82, 2.24) is 5.32 Å². The normalized spacial score (nSPS) is 11.8. The molecular formula is C19H22FNO2S. The van der Waals surface area contributed by atoms with Crippen molar-refractivity contribution in [3.8, 4) is 5.75 Å². The second-order valence-corrected chi connectivity index (χ2v) is 6.51. The van der Waals surface area contributed by atoms with Crippen molar-refractivity contribution in [2.24, 2.45) is 0 Å². The molecule has 128 valence electrons. The van der Waals surface area contributed by atoms with Crippen LogP contribution in [0.5, 0.6) is 5.75 Å². The molecule has 24 heavy (non-hydrogen) atoms. The van der Waals surface area contributed by atoms with E-state index >= 15 is 0 Å². The highest BCUT2D eigenvalue weighted by molar-refractivity contribution is 7.99. The SMILES string of the molecule is CCOc1ccc(C(C)NC(=O)CCSc2ccc(F)cc2)cc1. The fraction of sp³-hybridized carbons (Fsp3) is 0.316. The van der Waals surface area contributed by atoms with Crippen LogP contribution in [0.2, 0.25) is 0 Å². The number of carbonyl (C=O) groups is 1. The maximum Gasteiger partial charge on any atom is 0.221 e. The number of hydrogen-bond acceptors (Lipinski definition) is 3. The molecule has 1 N–H and O–H groups in total. The molecule has 1 amide bonds. The molecule has 0 aliphatic heterocycles. The molecule has 0 fully saturated rings. The molecule has 0 saturated heterocycles. The Hall–Kier alpha value is -2.01. The minimum atomic E-state index is -0.249. The highest BCUT2D eigenvalue weighted by Crippen LogP contribution is 2.20. The van der Waals surface area contributed by atoms with E-state index in [0.717, 1.165) is 16.2 Å². The van der Waals surface area contributed by atoms with Gasteiger partial charge in [0.05, 0.1) is 12.6 Å². The van der Waals surface area contributed by atoms with Crippen LogP contribution in [0.3, 0.4) is 0 Å². The smallest absolute Gasteiger partial charge is 0.221 e. The summed E-state index contributed by atoms with van der Waals surface area (Å²) in [6.07, 6.45) is 0.420. The van der Waals surface area contributed by atoms with Gasteiger partial charge in [0.1, 0.15) is 11.6 Å². The van der Waals surface area contributed by atoms with Crippen LogP contribution in [-0.4, -0.2) is 18.3 Å². The minimum Gasteiger partial charge on any atom is -0.494 e. The second-order valence-electron chi connectivity index (χ2n) is 5.34. The van der Waals surface area contributed by atoms with Crippen molar-refractivity contribution < 1.29 is 13.9 Å². The lowest BCUT2D eigenvalue weighted by atomic mass is 10.1. The summed E-state index contributed by atoms with van der Waals surface area (Å²) in [7, 11) is 0. The largest absolute Gasteiger partial charge is 0.494 e. The van der Waals surface area contributed by atoms with E-state index in [0.29, 0.717) is 18.8 Å². The Morgan fingerprint density at radius 3 is 2.46 bits per heavy atom. The van der Waals surface area contributed by atoms with Gasteiger partial charge in [-0.05, 0) is 55.8 Å². The van der Waals surface area contributed by atoms with Crippen LogP contribution < -0.4 is 10.1 Å². The third-order valence-electron chi connectivity index (χ3n) is 3.48. The van der Waals surface area contributed by atoms with Gasteiger partial charge in [-0.3, -0.25) is 4.79 Å². The van der Waals surface area contributed by atoms with Crippen LogP contribution in [-0.2, 0) is 4.79 Å². The van der Waals surface area contributed by atoms with Gasteiger partial charge in [0.15, 0.2) is 0 Å². The monoisotopic (exact) mass is 347 g/mol. The van der Waals surface area contributed by atoms with Crippen LogP contribution >= 0.6 is 11.8 Å². The lowest BCUT2D eigenvalue weighted by molar-refractivity contribution is -0.121. The predicted molar refractivity (Wildman–Crippen MR) is 95.9 cm³/mol. The summed E-state index contributed by atoms with van der Waals surface area (Å²) in [5.41, 5.74) is 1.04. The third-order valence-corrected chi connectivity index (χ3v) is 4.49. The summed E-state index contributed by atoms with van der Waals surface area (Å²) in [6, 6.07) is 14.0. The molecule has 5 heteroatoms. The fourth-order valence-electron chi connectivity index (χ4n) is 2.21. The topological polar surface area (TPSA) is 38.3 Å². The molecule has 2 aromatic carbocycles. The van der Waals surface area contributed by atoms with Crippen LogP contribution in [0.1, 0.15) is 31.9 Å². The number of amides is 1. The average molecular weight is 347 g/mol. The van der Waals surface area contributed by atoms with Crippen LogP contribution in [0.4, 0.5) is 4.39 Å². The van der Waals surface area contributed by atoms with Gasteiger partial charge in [-0.2, -0.15) is 0 Å². The molecule has 0 aliphatic rings. The van der Waals surface area contributed by atoms with Crippen molar-refractivity contribution in [2.45, 2.75) is 31.2 Å². The Morgan fingerprint density at radius 2 is 1.83 bits per heavy atom. The summed E-state index contributed by atoms with van der Waals surface area (Å²) >= 11 is 1.54. The van der Waals surface area contributed by atoms with Gasteiger partial charge in [0.25, 0.3) is 0 Å². The van der Waals surface area contributed by atoms with E-state index in [-0.39, 0.29) is 17.8 Å². The van der Waals surface area contributed by atoms with Crippen molar-refractivity contribution in [3.63, 3.8) is 0 Å². The molecule has 0 bridgehead atoms. The van der Waals surface area contributed by atoms with Gasteiger partial charge >= 0.3 is 0 Å². The van der Waals surface area contributed by atoms with E-state index in [9.17, 15) is 9.18 Å². The van der Waals surface area contributed by atoms with Gasteiger partial charge in [-0.1, -0.05) is 12.1 Å². The Bertz CT molecular complexity index is 643. The number of thioether (sulfide) groups is 1. The molecule has 1 unspecified atom stereocenters. The highest BCUT2D eigenvalue weighted by Gasteiger charge is 2.10. The number of hydrogen-bond donors (Lipinski definition) is 1. The summed E-state index contributed by atoms with van der Waals surface area (Å²) in [5.74, 6) is 1.25. The molecule has 0 aromatic heterocycles. The van der Waals surface area contributed by atoms with E-state index in [4.69, 9.17) is 4.74 Å². The fourth-order valence-corrected chi connectivity index (χ4v) is 3.06. The molecule has 0 spiro atoms. The van der Waals surface area contributed by atoms with Gasteiger partial charge in [-0.15, -0.1) is 11.8 Å². The molecule has 1 atom stereocenters. The van der Waals surface area contributed by atoms with E-state index in [2.05, 4.69) is 5.32 Å². The van der Waals surface area contributed by atoms with Gasteiger partial charge < -0.3 is 10.1 Å². The van der Waals surface area contributed by atoms with Crippen LogP contribution in [0.25, 0.3) is 0 Å². The number of rotatable bonds is 8. The number of halogens is 1. The molecular weight excluding hydrogens is 325 g/mol. The summed E-state index contributed by atoms with van der Waals surface area (Å²) in [5, 5.41) is 2.99. The number of ether oxygens (including phenoxy) is 1. The maximum atomic E-state index is 12.8. The summed E-state index contributed by atoms with van der Waals surface area (Å²) in [6.45, 7) is 4.54. The number of nitrogens with one attached hydrogen (secondary N) is 1. The molecule has 2 rings (SSSR count). The van der Waals surface area contributed by atoms with E-state index < -0.39 is 0 Å². The first-order chi connectivity index (χ1) is 11.6. The van der Waals surface area contributed by atoms with Crippen molar-refractivity contribution >= 4 is 17.7 Å². The molecule has 0 radical (unpaired) electrons. The third kappa shape index (κ3) is 5.89. The van der Waals surface area contributed by atoms with Crippen molar-refractivity contribution in [3.05, 3.63) is 59.9 Å². The zero-order chi connectivity index (χ0) is 17.4. The maximum absolute atomic E-state index is 12.8. The first kappa shape index (κ1) is 18.3. The summed E-state index contributed by atoms with van der Waals surface area (Å²) < 4.78 is 18.2. The average Bonchev–Trinajstić information content (AvgIpc) is 2.57. The van der Waals surface area contributed by atoms with Gasteiger partial charge in [-0.25, -0.2) is 4.39 Å². The Kier molecular flexibility index (Phi) is 7.12. The second kappa shape index (κ2) is 9.33. The molecule has 0 aliphatic carbocycles. The first-order valence-electron chi connectivity index (χ1n) is 7.99. The van der Waals surface area contributed by atoms with Crippen LogP contribution in [0.15, 0.2) is 53.4 Å². The Morgan fingerprint density at radius 1 is 1.17 bits per heavy atom.